The Morgan fingerprint density at radius 1 is 1.12 bits per heavy atom. The quantitative estimate of drug-likeness (QED) is 0.313. The lowest BCUT2D eigenvalue weighted by atomic mass is 10.1. The van der Waals surface area contributed by atoms with Crippen molar-refractivity contribution in [1.29, 1.82) is 0 Å². The fraction of sp³-hybridized carbons (Fsp3) is 0.0526. The van der Waals surface area contributed by atoms with Gasteiger partial charge in [0.2, 0.25) is 0 Å². The smallest absolute Gasteiger partial charge is 0.267 e. The number of nitrogens with one attached hydrogen (secondary N) is 1. The first kappa shape index (κ1) is 14.9. The van der Waals surface area contributed by atoms with Crippen molar-refractivity contribution in [3.8, 4) is 11.3 Å². The van der Waals surface area contributed by atoms with Crippen LogP contribution in [-0.2, 0) is 0 Å². The summed E-state index contributed by atoms with van der Waals surface area (Å²) in [5, 5.41) is 5.05. The van der Waals surface area contributed by atoms with Crippen LogP contribution in [-0.4, -0.2) is 15.9 Å². The van der Waals surface area contributed by atoms with Gasteiger partial charge in [-0.1, -0.05) is 48.0 Å². The summed E-state index contributed by atoms with van der Waals surface area (Å²) >= 11 is 0. The SMILES string of the molecule is Cc1ccc(-c2nc(C(=O)N=[N+]=[N-])cc3c2[nH]c2ccccc23)cc1. The second-order valence-corrected chi connectivity index (χ2v) is 5.81. The predicted molar refractivity (Wildman–Crippen MR) is 97.2 cm³/mol. The topological polar surface area (TPSA) is 94.5 Å². The number of H-pyrrole nitrogens is 1. The highest BCUT2D eigenvalue weighted by Gasteiger charge is 2.16. The molecule has 1 N–H and O–H groups in total. The molecule has 0 aliphatic rings. The number of azide groups is 1. The fourth-order valence-corrected chi connectivity index (χ4v) is 2.97. The van der Waals surface area contributed by atoms with Gasteiger partial charge in [0.05, 0.1) is 11.2 Å². The molecule has 4 aromatic rings. The van der Waals surface area contributed by atoms with Gasteiger partial charge >= 0.3 is 0 Å². The Hall–Kier alpha value is -3.63. The molecule has 6 nitrogen and oxygen atoms in total. The number of fused-ring (bicyclic) bond motifs is 3. The number of aromatic nitrogens is 2. The van der Waals surface area contributed by atoms with Crippen LogP contribution in [0.5, 0.6) is 0 Å². The Bertz CT molecular complexity index is 1170. The van der Waals surface area contributed by atoms with Crippen molar-refractivity contribution < 1.29 is 4.79 Å². The highest BCUT2D eigenvalue weighted by atomic mass is 16.1. The molecule has 6 heteroatoms. The van der Waals surface area contributed by atoms with E-state index < -0.39 is 5.91 Å². The number of aromatic amines is 1. The van der Waals surface area contributed by atoms with Gasteiger partial charge in [-0.25, -0.2) is 4.98 Å². The summed E-state index contributed by atoms with van der Waals surface area (Å²) in [5.74, 6) is -0.692. The van der Waals surface area contributed by atoms with Gasteiger partial charge < -0.3 is 4.98 Å². The number of aryl methyl sites for hydroxylation is 1. The van der Waals surface area contributed by atoms with Crippen LogP contribution in [0.4, 0.5) is 0 Å². The highest BCUT2D eigenvalue weighted by molar-refractivity contribution is 6.13. The minimum absolute atomic E-state index is 0.130. The Balaban J connectivity index is 2.09. The van der Waals surface area contributed by atoms with E-state index in [4.69, 9.17) is 5.53 Å². The molecule has 0 saturated carbocycles. The standard InChI is InChI=1S/C19H13N5O/c1-11-6-8-12(9-7-11)17-18-14(10-16(22-17)19(25)23-24-20)13-4-2-3-5-15(13)21-18/h2-10,21H,1H3. The maximum atomic E-state index is 12.1. The summed E-state index contributed by atoms with van der Waals surface area (Å²) in [6.07, 6.45) is 0. The molecule has 0 fully saturated rings. The molecule has 25 heavy (non-hydrogen) atoms. The van der Waals surface area contributed by atoms with Crippen molar-refractivity contribution in [3.05, 3.63) is 76.3 Å². The number of carbonyl (C=O) groups is 1. The molecule has 0 unspecified atom stereocenters. The minimum atomic E-state index is -0.692. The average Bonchev–Trinajstić information content (AvgIpc) is 3.00. The number of nitrogens with zero attached hydrogens (tertiary/aromatic N) is 4. The van der Waals surface area contributed by atoms with E-state index in [0.29, 0.717) is 5.69 Å². The van der Waals surface area contributed by atoms with E-state index in [9.17, 15) is 4.79 Å². The van der Waals surface area contributed by atoms with Gasteiger partial charge in [-0.15, -0.1) is 0 Å². The molecule has 0 bridgehead atoms. The maximum Gasteiger partial charge on any atom is 0.267 e. The molecule has 0 aliphatic carbocycles. The molecule has 0 atom stereocenters. The number of hydrogen-bond donors (Lipinski definition) is 1. The zero-order valence-electron chi connectivity index (χ0n) is 13.4. The second kappa shape index (κ2) is 5.78. The van der Waals surface area contributed by atoms with Gasteiger partial charge in [0, 0.05) is 26.8 Å². The fourth-order valence-electron chi connectivity index (χ4n) is 2.97. The largest absolute Gasteiger partial charge is 0.353 e. The molecule has 0 spiro atoms. The van der Waals surface area contributed by atoms with Crippen molar-refractivity contribution in [3.63, 3.8) is 0 Å². The summed E-state index contributed by atoms with van der Waals surface area (Å²) < 4.78 is 0. The van der Waals surface area contributed by atoms with Crippen LogP contribution in [0.3, 0.4) is 0 Å². The molecule has 0 saturated heterocycles. The van der Waals surface area contributed by atoms with Crippen LogP contribution in [0.1, 0.15) is 16.1 Å². The first-order chi connectivity index (χ1) is 12.2. The lowest BCUT2D eigenvalue weighted by Crippen LogP contribution is -2.00. The molecule has 2 aromatic carbocycles. The Morgan fingerprint density at radius 3 is 2.64 bits per heavy atom. The van der Waals surface area contributed by atoms with Gasteiger partial charge in [-0.05, 0) is 29.7 Å². The zero-order valence-corrected chi connectivity index (χ0v) is 13.4. The van der Waals surface area contributed by atoms with E-state index in [1.54, 1.807) is 6.07 Å². The molecular formula is C19H13N5O. The number of para-hydroxylation sites is 1. The first-order valence-corrected chi connectivity index (χ1v) is 7.75. The van der Waals surface area contributed by atoms with Gasteiger partial charge in [0.25, 0.3) is 5.91 Å². The molecule has 2 heterocycles. The average molecular weight is 327 g/mol. The molecule has 0 aliphatic heterocycles. The number of rotatable bonds is 2. The second-order valence-electron chi connectivity index (χ2n) is 5.81. The van der Waals surface area contributed by atoms with Crippen LogP contribution in [0.2, 0.25) is 0 Å². The molecule has 4 rings (SSSR count). The maximum absolute atomic E-state index is 12.1. The number of carbonyl (C=O) groups excluding carboxylic acids is 1. The van der Waals surface area contributed by atoms with Gasteiger partial charge in [0.1, 0.15) is 5.69 Å². The normalized spacial score (nSPS) is 10.8. The predicted octanol–water partition coefficient (Wildman–Crippen LogP) is 5.14. The monoisotopic (exact) mass is 327 g/mol. The summed E-state index contributed by atoms with van der Waals surface area (Å²) in [5.41, 5.74) is 13.2. The number of hydrogen-bond acceptors (Lipinski definition) is 2. The summed E-state index contributed by atoms with van der Waals surface area (Å²) in [6, 6.07) is 17.4. The number of benzene rings is 2. The summed E-state index contributed by atoms with van der Waals surface area (Å²) in [6.45, 7) is 2.01. The third kappa shape index (κ3) is 2.51. The molecule has 120 valence electrons. The van der Waals surface area contributed by atoms with Crippen molar-refractivity contribution in [2.24, 2.45) is 5.11 Å². The van der Waals surface area contributed by atoms with E-state index >= 15 is 0 Å². The first-order valence-electron chi connectivity index (χ1n) is 7.75. The lowest BCUT2D eigenvalue weighted by Gasteiger charge is -2.06. The van der Waals surface area contributed by atoms with Crippen LogP contribution in [0.25, 0.3) is 43.5 Å². The van der Waals surface area contributed by atoms with Crippen LogP contribution < -0.4 is 0 Å². The van der Waals surface area contributed by atoms with Crippen molar-refractivity contribution in [2.45, 2.75) is 6.92 Å². The van der Waals surface area contributed by atoms with Crippen LogP contribution >= 0.6 is 0 Å². The van der Waals surface area contributed by atoms with Crippen molar-refractivity contribution in [2.75, 3.05) is 0 Å². The van der Waals surface area contributed by atoms with E-state index in [-0.39, 0.29) is 5.69 Å². The third-order valence-corrected chi connectivity index (χ3v) is 4.18. The number of pyridine rings is 1. The van der Waals surface area contributed by atoms with Crippen molar-refractivity contribution >= 4 is 27.7 Å². The summed E-state index contributed by atoms with van der Waals surface area (Å²) in [4.78, 5) is 22.5. The van der Waals surface area contributed by atoms with E-state index in [1.165, 1.54) is 0 Å². The minimum Gasteiger partial charge on any atom is -0.353 e. The molecular weight excluding hydrogens is 314 g/mol. The Morgan fingerprint density at radius 2 is 1.88 bits per heavy atom. The summed E-state index contributed by atoms with van der Waals surface area (Å²) in [7, 11) is 0. The van der Waals surface area contributed by atoms with E-state index in [2.05, 4.69) is 20.0 Å². The van der Waals surface area contributed by atoms with E-state index in [0.717, 1.165) is 32.9 Å². The van der Waals surface area contributed by atoms with Crippen LogP contribution in [0.15, 0.2) is 59.7 Å². The van der Waals surface area contributed by atoms with Gasteiger partial charge in [-0.3, -0.25) is 4.79 Å². The number of amides is 1. The van der Waals surface area contributed by atoms with Crippen LogP contribution in [0, 0.1) is 6.92 Å². The molecule has 1 amide bonds. The zero-order chi connectivity index (χ0) is 17.4. The Labute approximate surface area is 142 Å². The van der Waals surface area contributed by atoms with E-state index in [1.807, 2.05) is 55.5 Å². The Kier molecular flexibility index (Phi) is 3.45. The van der Waals surface area contributed by atoms with Gasteiger partial charge in [-0.2, -0.15) is 0 Å². The third-order valence-electron chi connectivity index (χ3n) is 4.18. The molecule has 2 aromatic heterocycles. The van der Waals surface area contributed by atoms with Gasteiger partial charge in [0.15, 0.2) is 0 Å². The highest BCUT2D eigenvalue weighted by Crippen LogP contribution is 2.32. The van der Waals surface area contributed by atoms with Crippen molar-refractivity contribution in [1.82, 2.24) is 9.97 Å². The lowest BCUT2D eigenvalue weighted by molar-refractivity contribution is 0.0996. The molecule has 0 radical (unpaired) electrons.